The van der Waals surface area contributed by atoms with Gasteiger partial charge in [0.05, 0.1) is 24.4 Å². The first-order chi connectivity index (χ1) is 16.4. The number of alkyl halides is 3. The van der Waals surface area contributed by atoms with E-state index < -0.39 is 17.7 Å². The summed E-state index contributed by atoms with van der Waals surface area (Å²) >= 11 is 0. The number of para-hydroxylation sites is 1. The van der Waals surface area contributed by atoms with Crippen molar-refractivity contribution in [2.75, 3.05) is 13.2 Å². The van der Waals surface area contributed by atoms with Crippen LogP contribution in [0.3, 0.4) is 0 Å². The number of carbonyl (C=O) groups is 1. The van der Waals surface area contributed by atoms with Crippen LogP contribution in [0.5, 0.6) is 5.75 Å². The first-order valence-electron chi connectivity index (χ1n) is 12.1. The van der Waals surface area contributed by atoms with Crippen LogP contribution in [0.1, 0.15) is 81.9 Å². The molecular formula is C28H35F3O3. The van der Waals surface area contributed by atoms with Gasteiger partial charge in [-0.15, -0.1) is 0 Å². The van der Waals surface area contributed by atoms with Gasteiger partial charge >= 0.3 is 12.1 Å². The third-order valence-electron chi connectivity index (χ3n) is 5.47. The smallest absolute Gasteiger partial charge is 0.416 e. The molecule has 34 heavy (non-hydrogen) atoms. The van der Waals surface area contributed by atoms with Crippen LogP contribution in [-0.2, 0) is 15.7 Å². The number of rotatable bonds is 14. The summed E-state index contributed by atoms with van der Waals surface area (Å²) < 4.78 is 50.8. The number of esters is 1. The van der Waals surface area contributed by atoms with Gasteiger partial charge in [0, 0.05) is 5.56 Å². The van der Waals surface area contributed by atoms with Gasteiger partial charge in [0.15, 0.2) is 0 Å². The standard InChI is InChI=1S/C28H35F3O3/c1-3-5-6-7-8-9-10-13-19-34-26-18-12-11-15-23(26)21-25(27(32)33-4-2)22-16-14-17-24(20-22)28(29,30)31/h11-12,14-18,20-21H,3-10,13,19H2,1-2H3/b25-21+. The Kier molecular flexibility index (Phi) is 11.7. The molecule has 3 nitrogen and oxygen atoms in total. The van der Waals surface area contributed by atoms with Crippen molar-refractivity contribution in [2.24, 2.45) is 0 Å². The second kappa shape index (κ2) is 14.5. The Morgan fingerprint density at radius 2 is 1.56 bits per heavy atom. The molecule has 0 radical (unpaired) electrons. The molecule has 0 amide bonds. The van der Waals surface area contributed by atoms with E-state index in [-0.39, 0.29) is 17.7 Å². The highest BCUT2D eigenvalue weighted by atomic mass is 19.4. The summed E-state index contributed by atoms with van der Waals surface area (Å²) in [6, 6.07) is 11.9. The Bertz CT molecular complexity index is 919. The molecule has 0 saturated heterocycles. The van der Waals surface area contributed by atoms with Gasteiger partial charge in [-0.1, -0.05) is 82.2 Å². The van der Waals surface area contributed by atoms with Crippen molar-refractivity contribution >= 4 is 17.6 Å². The van der Waals surface area contributed by atoms with Crippen molar-refractivity contribution in [3.63, 3.8) is 0 Å². The molecule has 0 saturated carbocycles. The van der Waals surface area contributed by atoms with Crippen molar-refractivity contribution in [3.05, 3.63) is 65.2 Å². The molecular weight excluding hydrogens is 441 g/mol. The number of unbranched alkanes of at least 4 members (excludes halogenated alkanes) is 7. The van der Waals surface area contributed by atoms with Gasteiger partial charge in [-0.05, 0) is 43.2 Å². The lowest BCUT2D eigenvalue weighted by atomic mass is 10.00. The maximum atomic E-state index is 13.2. The van der Waals surface area contributed by atoms with Crippen LogP contribution >= 0.6 is 0 Å². The van der Waals surface area contributed by atoms with E-state index in [2.05, 4.69) is 6.92 Å². The van der Waals surface area contributed by atoms with Crippen molar-refractivity contribution < 1.29 is 27.4 Å². The summed E-state index contributed by atoms with van der Waals surface area (Å²) in [5.74, 6) is -0.0982. The number of halogens is 3. The zero-order valence-electron chi connectivity index (χ0n) is 20.1. The van der Waals surface area contributed by atoms with E-state index >= 15 is 0 Å². The highest BCUT2D eigenvalue weighted by Gasteiger charge is 2.31. The van der Waals surface area contributed by atoms with Crippen LogP contribution in [0, 0.1) is 0 Å². The summed E-state index contributed by atoms with van der Waals surface area (Å²) in [4.78, 5) is 12.6. The van der Waals surface area contributed by atoms with Crippen LogP contribution in [0.4, 0.5) is 13.2 Å². The minimum atomic E-state index is -4.51. The molecule has 2 aromatic rings. The van der Waals surface area contributed by atoms with Gasteiger partial charge < -0.3 is 9.47 Å². The normalized spacial score (nSPS) is 12.0. The number of hydrogen-bond acceptors (Lipinski definition) is 3. The SMILES string of the molecule is CCCCCCCCCCOc1ccccc1/C=C(/C(=O)OCC)c1cccc(C(F)(F)F)c1. The molecule has 0 aliphatic rings. The van der Waals surface area contributed by atoms with Crippen molar-refractivity contribution in [3.8, 4) is 5.75 Å². The number of hydrogen-bond donors (Lipinski definition) is 0. The van der Waals surface area contributed by atoms with Gasteiger partial charge in [0.2, 0.25) is 0 Å². The van der Waals surface area contributed by atoms with E-state index in [1.807, 2.05) is 6.07 Å². The highest BCUT2D eigenvalue weighted by Crippen LogP contribution is 2.32. The molecule has 186 valence electrons. The lowest BCUT2D eigenvalue weighted by Gasteiger charge is -2.13. The topological polar surface area (TPSA) is 35.5 Å². The fourth-order valence-corrected chi connectivity index (χ4v) is 3.64. The molecule has 0 aromatic heterocycles. The lowest BCUT2D eigenvalue weighted by molar-refractivity contribution is -0.138. The average molecular weight is 477 g/mol. The largest absolute Gasteiger partial charge is 0.493 e. The maximum absolute atomic E-state index is 13.2. The molecule has 0 atom stereocenters. The van der Waals surface area contributed by atoms with Crippen LogP contribution in [-0.4, -0.2) is 19.2 Å². The molecule has 0 aliphatic carbocycles. The van der Waals surface area contributed by atoms with E-state index in [9.17, 15) is 18.0 Å². The van der Waals surface area contributed by atoms with Crippen molar-refractivity contribution in [2.45, 2.75) is 71.4 Å². The zero-order chi connectivity index (χ0) is 24.8. The predicted molar refractivity (Wildman–Crippen MR) is 130 cm³/mol. The van der Waals surface area contributed by atoms with E-state index in [1.54, 1.807) is 25.1 Å². The fourth-order valence-electron chi connectivity index (χ4n) is 3.64. The van der Waals surface area contributed by atoms with Crippen LogP contribution in [0.25, 0.3) is 11.6 Å². The summed E-state index contributed by atoms with van der Waals surface area (Å²) in [7, 11) is 0. The number of carbonyl (C=O) groups excluding carboxylic acids is 1. The molecule has 0 aliphatic heterocycles. The molecule has 0 bridgehead atoms. The second-order valence-corrected chi connectivity index (χ2v) is 8.22. The first-order valence-corrected chi connectivity index (χ1v) is 12.1. The predicted octanol–water partition coefficient (Wildman–Crippen LogP) is 8.33. The molecule has 0 spiro atoms. The van der Waals surface area contributed by atoms with Gasteiger partial charge in [-0.25, -0.2) is 4.79 Å². The Hall–Kier alpha value is -2.76. The van der Waals surface area contributed by atoms with Gasteiger partial charge in [0.25, 0.3) is 0 Å². The Labute approximate surface area is 201 Å². The third-order valence-corrected chi connectivity index (χ3v) is 5.47. The van der Waals surface area contributed by atoms with Crippen LogP contribution in [0.2, 0.25) is 0 Å². The maximum Gasteiger partial charge on any atom is 0.416 e. The Morgan fingerprint density at radius 1 is 0.882 bits per heavy atom. The number of ether oxygens (including phenoxy) is 2. The monoisotopic (exact) mass is 476 g/mol. The quantitative estimate of drug-likeness (QED) is 0.119. The summed E-state index contributed by atoms with van der Waals surface area (Å²) in [6.07, 6.45) is 6.55. The van der Waals surface area contributed by atoms with Crippen molar-refractivity contribution in [1.82, 2.24) is 0 Å². The van der Waals surface area contributed by atoms with Crippen molar-refractivity contribution in [1.29, 1.82) is 0 Å². The molecule has 0 N–H and O–H groups in total. The van der Waals surface area contributed by atoms with E-state index in [1.165, 1.54) is 56.7 Å². The molecule has 0 heterocycles. The molecule has 6 heteroatoms. The minimum Gasteiger partial charge on any atom is -0.493 e. The number of benzene rings is 2. The molecule has 2 aromatic carbocycles. The Balaban J connectivity index is 2.13. The average Bonchev–Trinajstić information content (AvgIpc) is 2.82. The van der Waals surface area contributed by atoms with Crippen LogP contribution in [0.15, 0.2) is 48.5 Å². The second-order valence-electron chi connectivity index (χ2n) is 8.22. The van der Waals surface area contributed by atoms with E-state index in [0.29, 0.717) is 17.9 Å². The zero-order valence-corrected chi connectivity index (χ0v) is 20.1. The molecule has 2 rings (SSSR count). The molecule has 0 fully saturated rings. The van der Waals surface area contributed by atoms with E-state index in [4.69, 9.17) is 9.47 Å². The van der Waals surface area contributed by atoms with Gasteiger partial charge in [0.1, 0.15) is 5.75 Å². The Morgan fingerprint density at radius 3 is 2.24 bits per heavy atom. The fraction of sp³-hybridized carbons (Fsp3) is 0.464. The minimum absolute atomic E-state index is 0.0519. The van der Waals surface area contributed by atoms with Gasteiger partial charge in [-0.3, -0.25) is 0 Å². The third kappa shape index (κ3) is 9.24. The summed E-state index contributed by atoms with van der Waals surface area (Å²) in [6.45, 7) is 4.52. The molecule has 0 unspecified atom stereocenters. The first kappa shape index (κ1) is 27.5. The highest BCUT2D eigenvalue weighted by molar-refractivity contribution is 6.21. The lowest BCUT2D eigenvalue weighted by Crippen LogP contribution is -2.09. The summed E-state index contributed by atoms with van der Waals surface area (Å²) in [5.41, 5.74) is -0.0100. The van der Waals surface area contributed by atoms with Gasteiger partial charge in [-0.2, -0.15) is 13.2 Å². The summed E-state index contributed by atoms with van der Waals surface area (Å²) in [5, 5.41) is 0. The van der Waals surface area contributed by atoms with E-state index in [0.717, 1.165) is 25.0 Å². The van der Waals surface area contributed by atoms with Crippen LogP contribution < -0.4 is 4.74 Å².